The van der Waals surface area contributed by atoms with Crippen molar-refractivity contribution in [1.29, 1.82) is 0 Å². The zero-order valence-electron chi connectivity index (χ0n) is 22.2. The minimum Gasteiger partial charge on any atom is -0.480 e. The fourth-order valence-electron chi connectivity index (χ4n) is 4.31. The topological polar surface area (TPSA) is 203 Å². The Labute approximate surface area is 248 Å². The summed E-state index contributed by atoms with van der Waals surface area (Å²) >= 11 is 6.04. The SMILES string of the molecule is O=C(O)c1ccc(CC(NC(=O)C(Cc2ccc(C(=O)O)cc2)Nc2nc3ccc(Cl)cc3cc2C(=O)O)C(=O)O)cc1. The predicted octanol–water partition coefficient (Wildman–Crippen LogP) is 3.82. The largest absolute Gasteiger partial charge is 0.480 e. The lowest BCUT2D eigenvalue weighted by molar-refractivity contribution is -0.141. The number of carboxylic acids is 4. The third kappa shape index (κ3) is 7.63. The van der Waals surface area contributed by atoms with E-state index < -0.39 is 41.9 Å². The van der Waals surface area contributed by atoms with Crippen molar-refractivity contribution in [2.24, 2.45) is 0 Å². The molecule has 0 fully saturated rings. The molecule has 1 aromatic heterocycles. The average Bonchev–Trinajstić information content (AvgIpc) is 2.96. The first-order valence-electron chi connectivity index (χ1n) is 12.7. The van der Waals surface area contributed by atoms with Gasteiger partial charge in [0.25, 0.3) is 0 Å². The van der Waals surface area contributed by atoms with Crippen molar-refractivity contribution < 1.29 is 44.4 Å². The number of amides is 1. The van der Waals surface area contributed by atoms with Crippen LogP contribution in [0.1, 0.15) is 42.2 Å². The number of pyridine rings is 1. The molecule has 0 aliphatic rings. The number of fused-ring (bicyclic) bond motifs is 1. The number of carbonyl (C=O) groups excluding carboxylic acids is 1. The second-order valence-electron chi connectivity index (χ2n) is 9.54. The van der Waals surface area contributed by atoms with Crippen molar-refractivity contribution in [2.45, 2.75) is 24.9 Å². The summed E-state index contributed by atoms with van der Waals surface area (Å²) in [5.41, 5.74) is 1.10. The molecule has 1 heterocycles. The lowest BCUT2D eigenvalue weighted by Crippen LogP contribution is -2.49. The number of nitrogens with one attached hydrogen (secondary N) is 2. The Morgan fingerprint density at radius 2 is 1.23 bits per heavy atom. The molecule has 0 radical (unpaired) electrons. The van der Waals surface area contributed by atoms with E-state index in [-0.39, 0.29) is 35.3 Å². The van der Waals surface area contributed by atoms with Crippen LogP contribution in [0.25, 0.3) is 10.9 Å². The van der Waals surface area contributed by atoms with Gasteiger partial charge in [0.15, 0.2) is 0 Å². The van der Waals surface area contributed by atoms with Gasteiger partial charge in [0.05, 0.1) is 16.6 Å². The number of carbonyl (C=O) groups is 5. The molecule has 43 heavy (non-hydrogen) atoms. The van der Waals surface area contributed by atoms with E-state index in [4.69, 9.17) is 16.7 Å². The van der Waals surface area contributed by atoms with Crippen molar-refractivity contribution in [1.82, 2.24) is 10.3 Å². The molecule has 4 aromatic rings. The summed E-state index contributed by atoms with van der Waals surface area (Å²) in [6.45, 7) is 0. The van der Waals surface area contributed by atoms with Gasteiger partial charge in [-0.1, -0.05) is 35.9 Å². The van der Waals surface area contributed by atoms with Gasteiger partial charge in [0.1, 0.15) is 23.5 Å². The molecule has 0 spiro atoms. The minimum absolute atomic E-state index is 0.0113. The maximum Gasteiger partial charge on any atom is 0.339 e. The fourth-order valence-corrected chi connectivity index (χ4v) is 4.49. The van der Waals surface area contributed by atoms with Gasteiger partial charge in [-0.15, -0.1) is 0 Å². The van der Waals surface area contributed by atoms with E-state index in [0.717, 1.165) is 0 Å². The van der Waals surface area contributed by atoms with E-state index in [0.29, 0.717) is 27.1 Å². The van der Waals surface area contributed by atoms with E-state index in [1.54, 1.807) is 12.1 Å². The van der Waals surface area contributed by atoms with Crippen molar-refractivity contribution in [3.05, 3.63) is 106 Å². The van der Waals surface area contributed by atoms with Gasteiger partial charge in [-0.2, -0.15) is 0 Å². The summed E-state index contributed by atoms with van der Waals surface area (Å²) in [4.78, 5) is 64.5. The van der Waals surface area contributed by atoms with Crippen LogP contribution in [0.5, 0.6) is 0 Å². The van der Waals surface area contributed by atoms with E-state index in [1.165, 1.54) is 60.7 Å². The molecule has 0 saturated heterocycles. The molecule has 13 heteroatoms. The molecule has 0 bridgehead atoms. The third-order valence-corrected chi connectivity index (χ3v) is 6.77. The van der Waals surface area contributed by atoms with Crippen LogP contribution in [0.4, 0.5) is 5.82 Å². The van der Waals surface area contributed by atoms with E-state index in [1.807, 2.05) is 0 Å². The highest BCUT2D eigenvalue weighted by molar-refractivity contribution is 6.31. The van der Waals surface area contributed by atoms with Crippen LogP contribution in [0.2, 0.25) is 5.02 Å². The number of aliphatic carboxylic acids is 1. The van der Waals surface area contributed by atoms with E-state index in [9.17, 15) is 39.3 Å². The van der Waals surface area contributed by atoms with E-state index in [2.05, 4.69) is 15.6 Å². The number of hydrogen-bond acceptors (Lipinski definition) is 7. The highest BCUT2D eigenvalue weighted by Crippen LogP contribution is 2.25. The lowest BCUT2D eigenvalue weighted by Gasteiger charge is -2.23. The molecular formula is C30H24ClN3O9. The lowest BCUT2D eigenvalue weighted by atomic mass is 10.0. The second-order valence-corrected chi connectivity index (χ2v) is 9.97. The molecule has 0 aliphatic carbocycles. The monoisotopic (exact) mass is 605 g/mol. The average molecular weight is 606 g/mol. The van der Waals surface area contributed by atoms with E-state index >= 15 is 0 Å². The summed E-state index contributed by atoms with van der Waals surface area (Å²) in [7, 11) is 0. The van der Waals surface area contributed by atoms with Crippen molar-refractivity contribution in [3.8, 4) is 0 Å². The Hall–Kier alpha value is -5.49. The minimum atomic E-state index is -1.42. The van der Waals surface area contributed by atoms with Crippen molar-refractivity contribution in [2.75, 3.05) is 5.32 Å². The molecule has 6 N–H and O–H groups in total. The maximum absolute atomic E-state index is 13.6. The Morgan fingerprint density at radius 1 is 0.698 bits per heavy atom. The molecule has 2 atom stereocenters. The van der Waals surface area contributed by atoms with Crippen molar-refractivity contribution in [3.63, 3.8) is 0 Å². The first-order chi connectivity index (χ1) is 20.4. The quantitative estimate of drug-likeness (QED) is 0.137. The molecule has 2 unspecified atom stereocenters. The molecule has 220 valence electrons. The zero-order chi connectivity index (χ0) is 31.3. The predicted molar refractivity (Wildman–Crippen MR) is 155 cm³/mol. The summed E-state index contributed by atoms with van der Waals surface area (Å²) < 4.78 is 0. The van der Waals surface area contributed by atoms with Crippen LogP contribution in [0, 0.1) is 0 Å². The van der Waals surface area contributed by atoms with Gasteiger partial charge in [-0.3, -0.25) is 4.79 Å². The number of halogens is 1. The fraction of sp³-hybridized carbons (Fsp3) is 0.133. The molecule has 0 aliphatic heterocycles. The normalized spacial score (nSPS) is 12.2. The number of carboxylic acid groups (broad SMARTS) is 4. The Morgan fingerprint density at radius 3 is 1.72 bits per heavy atom. The maximum atomic E-state index is 13.6. The Balaban J connectivity index is 1.66. The van der Waals surface area contributed by atoms with Crippen molar-refractivity contribution >= 4 is 58.1 Å². The van der Waals surface area contributed by atoms with Crippen LogP contribution < -0.4 is 10.6 Å². The highest BCUT2D eigenvalue weighted by atomic mass is 35.5. The third-order valence-electron chi connectivity index (χ3n) is 6.53. The number of hydrogen-bond donors (Lipinski definition) is 6. The molecule has 4 rings (SSSR count). The summed E-state index contributed by atoms with van der Waals surface area (Å²) in [6, 6.07) is 14.5. The van der Waals surface area contributed by atoms with Gasteiger partial charge in [-0.05, 0) is 59.7 Å². The summed E-state index contributed by atoms with van der Waals surface area (Å²) in [5, 5.41) is 44.1. The zero-order valence-corrected chi connectivity index (χ0v) is 22.9. The van der Waals surface area contributed by atoms with Crippen LogP contribution in [0.15, 0.2) is 72.8 Å². The first-order valence-corrected chi connectivity index (χ1v) is 13.1. The van der Waals surface area contributed by atoms with Gasteiger partial charge >= 0.3 is 23.9 Å². The number of benzene rings is 3. The smallest absolute Gasteiger partial charge is 0.339 e. The molecule has 1 amide bonds. The molecular weight excluding hydrogens is 582 g/mol. The number of rotatable bonds is 12. The van der Waals surface area contributed by atoms with Gasteiger partial charge in [0, 0.05) is 23.3 Å². The number of aromatic carboxylic acids is 3. The molecule has 0 saturated carbocycles. The van der Waals surface area contributed by atoms with Crippen LogP contribution in [-0.2, 0) is 22.4 Å². The number of anilines is 1. The first kappa shape index (κ1) is 30.5. The molecule has 12 nitrogen and oxygen atoms in total. The van der Waals surface area contributed by atoms with Gasteiger partial charge in [0.2, 0.25) is 5.91 Å². The number of aromatic nitrogens is 1. The van der Waals surface area contributed by atoms with Crippen LogP contribution in [-0.4, -0.2) is 67.3 Å². The summed E-state index contributed by atoms with van der Waals surface area (Å²) in [6.07, 6.45) is -0.263. The van der Waals surface area contributed by atoms with Gasteiger partial charge in [-0.25, -0.2) is 24.2 Å². The number of nitrogens with zero attached hydrogens (tertiary/aromatic N) is 1. The molecule has 3 aromatic carbocycles. The Kier molecular flexibility index (Phi) is 9.21. The van der Waals surface area contributed by atoms with Crippen LogP contribution in [0.3, 0.4) is 0 Å². The standard InChI is InChI=1S/C30H24ClN3O9/c31-20-9-10-22-19(13-20)14-21(29(40)41)25(32-22)33-23(11-15-1-5-17(6-2-15)27(36)37)26(35)34-24(30(42)43)12-16-3-7-18(8-4-16)28(38)39/h1-10,13-14,23-24H,11-12H2,(H,32,33)(H,34,35)(H,36,37)(H,38,39)(H,40,41)(H,42,43). The highest BCUT2D eigenvalue weighted by Gasteiger charge is 2.28. The second kappa shape index (κ2) is 13.0. The van der Waals surface area contributed by atoms with Crippen LogP contribution >= 0.6 is 11.6 Å². The van der Waals surface area contributed by atoms with Gasteiger partial charge < -0.3 is 31.1 Å². The Bertz CT molecular complexity index is 1720. The summed E-state index contributed by atoms with van der Waals surface area (Å²) in [5.74, 6) is -5.94.